The van der Waals surface area contributed by atoms with Gasteiger partial charge in [-0.2, -0.15) is 5.10 Å². The molecule has 0 aliphatic heterocycles. The van der Waals surface area contributed by atoms with Crippen molar-refractivity contribution in [2.45, 2.75) is 6.92 Å². The lowest BCUT2D eigenvalue weighted by Crippen LogP contribution is -2.20. The van der Waals surface area contributed by atoms with Gasteiger partial charge in [-0.3, -0.25) is 9.89 Å². The Morgan fingerprint density at radius 2 is 2.08 bits per heavy atom. The van der Waals surface area contributed by atoms with Crippen molar-refractivity contribution < 1.29 is 9.18 Å². The third-order valence-electron chi connectivity index (χ3n) is 4.53. The normalized spacial score (nSPS) is 11.2. The highest BCUT2D eigenvalue weighted by molar-refractivity contribution is 6.10. The monoisotopic (exact) mass is 352 g/mol. The first kappa shape index (κ1) is 16.1. The molecule has 0 saturated carbocycles. The lowest BCUT2D eigenvalue weighted by molar-refractivity contribution is 0.0960. The number of benzene rings is 1. The van der Waals surface area contributed by atoms with Crippen molar-refractivity contribution in [3.63, 3.8) is 0 Å². The topological polar surface area (TPSA) is 87.1 Å². The fourth-order valence-electron chi connectivity index (χ4n) is 3.25. The molecule has 3 aromatic heterocycles. The Kier molecular flexibility index (Phi) is 3.61. The van der Waals surface area contributed by atoms with Gasteiger partial charge in [0, 0.05) is 31.2 Å². The number of carbonyl (C=O) groups is 1. The van der Waals surface area contributed by atoms with Gasteiger partial charge in [-0.1, -0.05) is 0 Å². The van der Waals surface area contributed by atoms with Crippen molar-refractivity contribution in [1.29, 1.82) is 0 Å². The van der Waals surface area contributed by atoms with E-state index in [2.05, 4.69) is 25.8 Å². The lowest BCUT2D eigenvalue weighted by Gasteiger charge is -2.13. The van der Waals surface area contributed by atoms with Crippen LogP contribution in [0.15, 0.2) is 30.7 Å². The van der Waals surface area contributed by atoms with Gasteiger partial charge >= 0.3 is 0 Å². The summed E-state index contributed by atoms with van der Waals surface area (Å²) >= 11 is 0. The lowest BCUT2D eigenvalue weighted by atomic mass is 9.94. The number of carbonyl (C=O) groups excluding carboxylic acids is 1. The summed E-state index contributed by atoms with van der Waals surface area (Å²) in [4.78, 5) is 16.6. The molecule has 0 aliphatic rings. The van der Waals surface area contributed by atoms with Crippen LogP contribution in [0.1, 0.15) is 15.9 Å². The van der Waals surface area contributed by atoms with Gasteiger partial charge in [0.05, 0.1) is 17.9 Å². The third kappa shape index (κ3) is 2.22. The predicted octanol–water partition coefficient (Wildman–Crippen LogP) is 2.73. The maximum Gasteiger partial charge on any atom is 0.256 e. The molecular formula is C18H17FN6O. The van der Waals surface area contributed by atoms with Crippen LogP contribution in [0.2, 0.25) is 0 Å². The Morgan fingerprint density at radius 1 is 1.27 bits per heavy atom. The third-order valence-corrected chi connectivity index (χ3v) is 4.53. The second kappa shape index (κ2) is 5.83. The molecule has 0 bridgehead atoms. The SMILES string of the molecule is CNC(=O)c1c(F)c(C)c(-c2ccc3nc(NC)cn3c2)c2cn[nH]c12. The number of H-pyrrole nitrogens is 1. The van der Waals surface area contributed by atoms with Crippen LogP contribution < -0.4 is 10.6 Å². The maximum atomic E-state index is 15.0. The van der Waals surface area contributed by atoms with Crippen molar-refractivity contribution in [3.8, 4) is 11.1 Å². The number of halogens is 1. The van der Waals surface area contributed by atoms with Crippen molar-refractivity contribution in [2.24, 2.45) is 0 Å². The molecule has 1 amide bonds. The van der Waals surface area contributed by atoms with Crippen LogP contribution in [0, 0.1) is 12.7 Å². The number of pyridine rings is 1. The summed E-state index contributed by atoms with van der Waals surface area (Å²) in [5.74, 6) is -0.304. The summed E-state index contributed by atoms with van der Waals surface area (Å²) in [6.45, 7) is 1.67. The number of fused-ring (bicyclic) bond motifs is 2. The molecule has 8 heteroatoms. The zero-order valence-corrected chi connectivity index (χ0v) is 14.5. The molecule has 4 rings (SSSR count). The van der Waals surface area contributed by atoms with E-state index >= 15 is 4.39 Å². The molecule has 3 N–H and O–H groups in total. The zero-order valence-electron chi connectivity index (χ0n) is 14.5. The highest BCUT2D eigenvalue weighted by Gasteiger charge is 2.23. The number of hydrogen-bond acceptors (Lipinski definition) is 4. The highest BCUT2D eigenvalue weighted by atomic mass is 19.1. The first-order valence-corrected chi connectivity index (χ1v) is 8.09. The van der Waals surface area contributed by atoms with E-state index in [1.165, 1.54) is 7.05 Å². The van der Waals surface area contributed by atoms with Crippen molar-refractivity contribution in [2.75, 3.05) is 19.4 Å². The molecule has 3 heterocycles. The van der Waals surface area contributed by atoms with Gasteiger partial charge in [-0.25, -0.2) is 9.37 Å². The first-order valence-electron chi connectivity index (χ1n) is 8.09. The summed E-state index contributed by atoms with van der Waals surface area (Å²) in [5, 5.41) is 12.9. The minimum atomic E-state index is -0.558. The van der Waals surface area contributed by atoms with Crippen LogP contribution in [0.25, 0.3) is 27.7 Å². The van der Waals surface area contributed by atoms with Crippen molar-refractivity contribution >= 4 is 28.3 Å². The molecule has 132 valence electrons. The number of nitrogens with zero attached hydrogens (tertiary/aromatic N) is 3. The van der Waals surface area contributed by atoms with Gasteiger partial charge in [0.25, 0.3) is 5.91 Å². The average molecular weight is 352 g/mol. The second-order valence-corrected chi connectivity index (χ2v) is 5.99. The minimum Gasteiger partial charge on any atom is -0.372 e. The molecule has 0 saturated heterocycles. The van der Waals surface area contributed by atoms with E-state index in [1.807, 2.05) is 28.9 Å². The summed E-state index contributed by atoms with van der Waals surface area (Å²) in [7, 11) is 3.27. The molecule has 4 aromatic rings. The standard InChI is InChI=1S/C18H17FN6O/c1-9-14(10-4-5-13-23-12(20-2)8-25(13)7-10)11-6-22-24-17(11)15(16(9)19)18(26)21-3/h4-8,20H,1-3H3,(H,21,26)(H,22,24). The first-order chi connectivity index (χ1) is 12.5. The Hall–Kier alpha value is -3.42. The molecule has 0 radical (unpaired) electrons. The molecular weight excluding hydrogens is 335 g/mol. The Bertz CT molecular complexity index is 1160. The highest BCUT2D eigenvalue weighted by Crippen LogP contribution is 2.35. The minimum absolute atomic E-state index is 0.0255. The molecule has 0 fully saturated rings. The van der Waals surface area contributed by atoms with E-state index in [9.17, 15) is 4.79 Å². The summed E-state index contributed by atoms with van der Waals surface area (Å²) < 4.78 is 16.9. The number of anilines is 1. The average Bonchev–Trinajstić information content (AvgIpc) is 3.28. The predicted molar refractivity (Wildman–Crippen MR) is 97.9 cm³/mol. The van der Waals surface area contributed by atoms with E-state index in [4.69, 9.17) is 0 Å². The van der Waals surface area contributed by atoms with Gasteiger partial charge in [0.1, 0.15) is 22.8 Å². The Labute approximate surface area is 148 Å². The van der Waals surface area contributed by atoms with E-state index in [1.54, 1.807) is 20.2 Å². The zero-order chi connectivity index (χ0) is 18.4. The maximum absolute atomic E-state index is 15.0. The van der Waals surface area contributed by atoms with Gasteiger partial charge in [-0.05, 0) is 30.2 Å². The number of nitrogens with one attached hydrogen (secondary N) is 3. The summed E-state index contributed by atoms with van der Waals surface area (Å²) in [6, 6.07) is 3.75. The van der Waals surface area contributed by atoms with E-state index in [-0.39, 0.29) is 5.56 Å². The number of amides is 1. The van der Waals surface area contributed by atoms with E-state index in [0.29, 0.717) is 22.0 Å². The molecule has 0 unspecified atom stereocenters. The van der Waals surface area contributed by atoms with Crippen molar-refractivity contribution in [1.82, 2.24) is 24.9 Å². The van der Waals surface area contributed by atoms with Gasteiger partial charge in [0.2, 0.25) is 0 Å². The van der Waals surface area contributed by atoms with E-state index < -0.39 is 11.7 Å². The van der Waals surface area contributed by atoms with Crippen LogP contribution in [0.5, 0.6) is 0 Å². The molecule has 0 aliphatic carbocycles. The molecule has 1 aromatic carbocycles. The van der Waals surface area contributed by atoms with Crippen LogP contribution >= 0.6 is 0 Å². The number of imidazole rings is 1. The van der Waals surface area contributed by atoms with Gasteiger partial charge in [0.15, 0.2) is 0 Å². The molecule has 7 nitrogen and oxygen atoms in total. The number of hydrogen-bond donors (Lipinski definition) is 3. The van der Waals surface area contributed by atoms with E-state index in [0.717, 1.165) is 17.0 Å². The van der Waals surface area contributed by atoms with Crippen molar-refractivity contribution in [3.05, 3.63) is 47.7 Å². The largest absolute Gasteiger partial charge is 0.372 e. The number of aromatic amines is 1. The number of rotatable bonds is 3. The van der Waals surface area contributed by atoms with Crippen LogP contribution in [-0.2, 0) is 0 Å². The molecule has 0 atom stereocenters. The van der Waals surface area contributed by atoms with Gasteiger partial charge in [-0.15, -0.1) is 0 Å². The molecule has 0 spiro atoms. The fourth-order valence-corrected chi connectivity index (χ4v) is 3.25. The van der Waals surface area contributed by atoms with Crippen LogP contribution in [0.4, 0.5) is 10.2 Å². The Balaban J connectivity index is 2.02. The molecule has 26 heavy (non-hydrogen) atoms. The van der Waals surface area contributed by atoms with Crippen LogP contribution in [-0.4, -0.2) is 39.6 Å². The van der Waals surface area contributed by atoms with Crippen LogP contribution in [0.3, 0.4) is 0 Å². The second-order valence-electron chi connectivity index (χ2n) is 5.99. The quantitative estimate of drug-likeness (QED) is 0.529. The smallest absolute Gasteiger partial charge is 0.256 e. The summed E-state index contributed by atoms with van der Waals surface area (Å²) in [5.41, 5.74) is 3.03. The van der Waals surface area contributed by atoms with Gasteiger partial charge < -0.3 is 15.0 Å². The fraction of sp³-hybridized carbons (Fsp3) is 0.167. The number of aromatic nitrogens is 4. The Morgan fingerprint density at radius 3 is 2.81 bits per heavy atom. The summed E-state index contributed by atoms with van der Waals surface area (Å²) in [6.07, 6.45) is 5.35.